The number of anilines is 1. The van der Waals surface area contributed by atoms with Crippen LogP contribution >= 0.6 is 28.1 Å². The minimum Gasteiger partial charge on any atom is -0.389 e. The van der Waals surface area contributed by atoms with Crippen molar-refractivity contribution < 1.29 is 0 Å². The van der Waals surface area contributed by atoms with E-state index in [-0.39, 0.29) is 0 Å². The quantitative estimate of drug-likeness (QED) is 0.819. The third-order valence-corrected chi connectivity index (χ3v) is 4.63. The normalized spacial score (nSPS) is 14.4. The maximum absolute atomic E-state index is 5.89. The lowest BCUT2D eigenvalue weighted by atomic mass is 10.0. The Morgan fingerprint density at radius 3 is 2.67 bits per heavy atom. The summed E-state index contributed by atoms with van der Waals surface area (Å²) in [5, 5.41) is 0. The van der Waals surface area contributed by atoms with Gasteiger partial charge < -0.3 is 10.6 Å². The van der Waals surface area contributed by atoms with E-state index in [1.54, 1.807) is 0 Å². The number of nitrogens with zero attached hydrogens (tertiary/aromatic N) is 1. The molecule has 4 heteroatoms. The second-order valence-electron chi connectivity index (χ2n) is 5.32. The molecular formula is C17H17BrN2S. The van der Waals surface area contributed by atoms with Crippen LogP contribution in [0.25, 0.3) is 0 Å². The minimum absolute atomic E-state index is 0.454. The Kier molecular flexibility index (Phi) is 4.27. The summed E-state index contributed by atoms with van der Waals surface area (Å²) in [6.45, 7) is 1.92. The van der Waals surface area contributed by atoms with Crippen LogP contribution in [-0.2, 0) is 13.0 Å². The van der Waals surface area contributed by atoms with Crippen LogP contribution in [0.1, 0.15) is 23.1 Å². The lowest BCUT2D eigenvalue weighted by molar-refractivity contribution is 0.765. The fourth-order valence-corrected chi connectivity index (χ4v) is 3.40. The summed E-state index contributed by atoms with van der Waals surface area (Å²) in [6, 6.07) is 14.8. The number of rotatable bonds is 2. The second kappa shape index (κ2) is 6.16. The van der Waals surface area contributed by atoms with Gasteiger partial charge in [0, 0.05) is 28.8 Å². The molecule has 1 aliphatic heterocycles. The summed E-state index contributed by atoms with van der Waals surface area (Å²) in [4.78, 5) is 2.83. The van der Waals surface area contributed by atoms with Gasteiger partial charge in [-0.25, -0.2) is 0 Å². The van der Waals surface area contributed by atoms with Crippen LogP contribution in [0.3, 0.4) is 0 Å². The van der Waals surface area contributed by atoms with Crippen LogP contribution < -0.4 is 10.6 Å². The zero-order valence-electron chi connectivity index (χ0n) is 11.7. The van der Waals surface area contributed by atoms with Crippen LogP contribution in [-0.4, -0.2) is 11.5 Å². The van der Waals surface area contributed by atoms with E-state index in [1.807, 2.05) is 12.1 Å². The Morgan fingerprint density at radius 2 is 1.90 bits per heavy atom. The maximum atomic E-state index is 5.89. The molecule has 21 heavy (non-hydrogen) atoms. The maximum Gasteiger partial charge on any atom is 0.106 e. The number of hydrogen-bond acceptors (Lipinski definition) is 2. The number of hydrogen-bond donors (Lipinski definition) is 1. The lowest BCUT2D eigenvalue weighted by Gasteiger charge is -2.26. The average Bonchev–Trinajstić information content (AvgIpc) is 2.68. The highest BCUT2D eigenvalue weighted by Gasteiger charge is 2.18. The van der Waals surface area contributed by atoms with E-state index in [0.29, 0.717) is 4.99 Å². The van der Waals surface area contributed by atoms with Gasteiger partial charge in [0.25, 0.3) is 0 Å². The number of thiocarbonyl (C=S) groups is 1. The molecule has 0 aromatic heterocycles. The van der Waals surface area contributed by atoms with Crippen molar-refractivity contribution >= 4 is 38.8 Å². The number of fused-ring (bicyclic) bond motifs is 1. The molecule has 0 fully saturated rings. The molecule has 1 heterocycles. The van der Waals surface area contributed by atoms with Gasteiger partial charge >= 0.3 is 0 Å². The summed E-state index contributed by atoms with van der Waals surface area (Å²) < 4.78 is 1.05. The first-order chi connectivity index (χ1) is 10.1. The predicted molar refractivity (Wildman–Crippen MR) is 95.8 cm³/mol. The number of halogens is 1. The summed E-state index contributed by atoms with van der Waals surface area (Å²) in [5.74, 6) is 0. The Morgan fingerprint density at radius 1 is 1.14 bits per heavy atom. The van der Waals surface area contributed by atoms with Crippen molar-refractivity contribution in [3.05, 3.63) is 63.6 Å². The van der Waals surface area contributed by atoms with E-state index in [2.05, 4.69) is 51.2 Å². The van der Waals surface area contributed by atoms with Crippen LogP contribution in [0, 0.1) is 0 Å². The summed E-state index contributed by atoms with van der Waals surface area (Å²) in [6.07, 6.45) is 2.27. The molecule has 2 nitrogen and oxygen atoms in total. The molecule has 2 aromatic carbocycles. The van der Waals surface area contributed by atoms with Gasteiger partial charge in [-0.1, -0.05) is 52.4 Å². The molecule has 3 rings (SSSR count). The van der Waals surface area contributed by atoms with E-state index < -0.39 is 0 Å². The van der Waals surface area contributed by atoms with Gasteiger partial charge in [-0.05, 0) is 42.2 Å². The Labute approximate surface area is 139 Å². The van der Waals surface area contributed by atoms with Gasteiger partial charge in [0.15, 0.2) is 0 Å². The van der Waals surface area contributed by atoms with Gasteiger partial charge in [0.1, 0.15) is 4.99 Å². The SMILES string of the molecule is NC(=S)c1ccc(Br)cc1N1CCCc2ccccc2C1. The molecule has 0 radical (unpaired) electrons. The molecular weight excluding hydrogens is 344 g/mol. The first kappa shape index (κ1) is 14.5. The average molecular weight is 361 g/mol. The fourth-order valence-electron chi connectivity index (χ4n) is 2.88. The Bertz CT molecular complexity index is 684. The van der Waals surface area contributed by atoms with Gasteiger partial charge in [-0.15, -0.1) is 0 Å². The third-order valence-electron chi connectivity index (χ3n) is 3.92. The lowest BCUT2D eigenvalue weighted by Crippen LogP contribution is -2.26. The summed E-state index contributed by atoms with van der Waals surface area (Å²) in [5.41, 5.74) is 10.8. The Balaban J connectivity index is 2.01. The van der Waals surface area contributed by atoms with Gasteiger partial charge in [-0.3, -0.25) is 0 Å². The molecule has 0 spiro atoms. The first-order valence-electron chi connectivity index (χ1n) is 7.06. The van der Waals surface area contributed by atoms with E-state index in [0.717, 1.165) is 41.7 Å². The van der Waals surface area contributed by atoms with Crippen molar-refractivity contribution in [3.63, 3.8) is 0 Å². The van der Waals surface area contributed by atoms with Crippen molar-refractivity contribution in [2.45, 2.75) is 19.4 Å². The monoisotopic (exact) mass is 360 g/mol. The summed E-state index contributed by atoms with van der Waals surface area (Å²) >= 11 is 8.76. The minimum atomic E-state index is 0.454. The largest absolute Gasteiger partial charge is 0.389 e. The predicted octanol–water partition coefficient (Wildman–Crippen LogP) is 4.04. The van der Waals surface area contributed by atoms with Gasteiger partial charge in [-0.2, -0.15) is 0 Å². The molecule has 2 N–H and O–H groups in total. The van der Waals surface area contributed by atoms with E-state index in [4.69, 9.17) is 18.0 Å². The first-order valence-corrected chi connectivity index (χ1v) is 8.26. The van der Waals surface area contributed by atoms with Crippen molar-refractivity contribution in [2.75, 3.05) is 11.4 Å². The molecule has 0 amide bonds. The van der Waals surface area contributed by atoms with Crippen LogP contribution in [0.4, 0.5) is 5.69 Å². The topological polar surface area (TPSA) is 29.3 Å². The molecule has 1 aliphatic rings. The van der Waals surface area contributed by atoms with Crippen molar-refractivity contribution in [2.24, 2.45) is 5.73 Å². The molecule has 0 saturated heterocycles. The standard InChI is InChI=1S/C17H17BrN2S/c18-14-7-8-15(17(19)21)16(10-14)20-9-3-6-12-4-1-2-5-13(12)11-20/h1-2,4-5,7-8,10H,3,6,9,11H2,(H2,19,21). The molecule has 2 aromatic rings. The fraction of sp³-hybridized carbons (Fsp3) is 0.235. The molecule has 0 aliphatic carbocycles. The molecule has 0 unspecified atom stereocenters. The summed E-state index contributed by atoms with van der Waals surface area (Å²) in [7, 11) is 0. The van der Waals surface area contributed by atoms with Crippen LogP contribution in [0.5, 0.6) is 0 Å². The van der Waals surface area contributed by atoms with Crippen molar-refractivity contribution in [3.8, 4) is 0 Å². The highest BCUT2D eigenvalue weighted by Crippen LogP contribution is 2.29. The molecule has 108 valence electrons. The van der Waals surface area contributed by atoms with Crippen molar-refractivity contribution in [1.82, 2.24) is 0 Å². The number of aryl methyl sites for hydroxylation is 1. The number of benzene rings is 2. The highest BCUT2D eigenvalue weighted by atomic mass is 79.9. The molecule has 0 saturated carbocycles. The van der Waals surface area contributed by atoms with Gasteiger partial charge in [0.2, 0.25) is 0 Å². The molecule has 0 atom stereocenters. The van der Waals surface area contributed by atoms with Gasteiger partial charge in [0.05, 0.1) is 0 Å². The van der Waals surface area contributed by atoms with E-state index in [9.17, 15) is 0 Å². The van der Waals surface area contributed by atoms with Crippen LogP contribution in [0.2, 0.25) is 0 Å². The Hall–Kier alpha value is -1.39. The van der Waals surface area contributed by atoms with Crippen molar-refractivity contribution in [1.29, 1.82) is 0 Å². The zero-order valence-corrected chi connectivity index (χ0v) is 14.1. The smallest absolute Gasteiger partial charge is 0.106 e. The van der Waals surface area contributed by atoms with E-state index >= 15 is 0 Å². The number of nitrogens with two attached hydrogens (primary N) is 1. The second-order valence-corrected chi connectivity index (χ2v) is 6.68. The van der Waals surface area contributed by atoms with Crippen LogP contribution in [0.15, 0.2) is 46.9 Å². The third kappa shape index (κ3) is 3.11. The zero-order chi connectivity index (χ0) is 14.8. The van der Waals surface area contributed by atoms with E-state index in [1.165, 1.54) is 11.1 Å². The molecule has 0 bridgehead atoms. The highest BCUT2D eigenvalue weighted by molar-refractivity contribution is 9.10.